The molecular weight excluding hydrogens is 314 g/mol. The van der Waals surface area contributed by atoms with Crippen molar-refractivity contribution in [1.29, 1.82) is 0 Å². The fraction of sp³-hybridized carbons (Fsp3) is 0.562. The minimum Gasteiger partial charge on any atom is -0.330 e. The van der Waals surface area contributed by atoms with E-state index >= 15 is 0 Å². The van der Waals surface area contributed by atoms with E-state index in [0.29, 0.717) is 17.4 Å². The van der Waals surface area contributed by atoms with E-state index in [1.807, 2.05) is 38.8 Å². The van der Waals surface area contributed by atoms with Crippen molar-refractivity contribution >= 4 is 17.5 Å². The third-order valence-corrected chi connectivity index (χ3v) is 4.91. The molecule has 2 aromatic heterocycles. The highest BCUT2D eigenvalue weighted by atomic mass is 35.5. The summed E-state index contributed by atoms with van der Waals surface area (Å²) in [4.78, 5) is 15.0. The van der Waals surface area contributed by atoms with Gasteiger partial charge in [0.25, 0.3) is 5.91 Å². The van der Waals surface area contributed by atoms with E-state index < -0.39 is 0 Å². The van der Waals surface area contributed by atoms with Gasteiger partial charge >= 0.3 is 0 Å². The Morgan fingerprint density at radius 1 is 1.39 bits per heavy atom. The molecule has 23 heavy (non-hydrogen) atoms. The van der Waals surface area contributed by atoms with Crippen molar-refractivity contribution in [2.45, 2.75) is 46.2 Å². The van der Waals surface area contributed by atoms with Crippen LogP contribution in [0.4, 0.5) is 0 Å². The zero-order valence-corrected chi connectivity index (χ0v) is 14.8. The molecule has 0 saturated carbocycles. The lowest BCUT2D eigenvalue weighted by molar-refractivity contribution is 0.0723. The SMILES string of the molecule is CCn1nc(C)cc1C(=O)N1CCCC1c1c(C)nn(C)c1Cl. The number of carbonyl (C=O) groups is 1. The summed E-state index contributed by atoms with van der Waals surface area (Å²) >= 11 is 6.42. The molecular formula is C16H22ClN5O. The number of hydrogen-bond donors (Lipinski definition) is 0. The quantitative estimate of drug-likeness (QED) is 0.866. The largest absolute Gasteiger partial charge is 0.330 e. The third kappa shape index (κ3) is 2.65. The first-order valence-electron chi connectivity index (χ1n) is 7.98. The van der Waals surface area contributed by atoms with Crippen molar-refractivity contribution in [1.82, 2.24) is 24.5 Å². The lowest BCUT2D eigenvalue weighted by Crippen LogP contribution is -2.32. The van der Waals surface area contributed by atoms with Crippen molar-refractivity contribution in [3.63, 3.8) is 0 Å². The molecule has 1 fully saturated rings. The summed E-state index contributed by atoms with van der Waals surface area (Å²) in [6.07, 6.45) is 1.89. The first-order chi connectivity index (χ1) is 10.9. The summed E-state index contributed by atoms with van der Waals surface area (Å²) in [5, 5.41) is 9.39. The summed E-state index contributed by atoms with van der Waals surface area (Å²) in [6, 6.07) is 1.85. The first-order valence-corrected chi connectivity index (χ1v) is 8.36. The number of aryl methyl sites for hydroxylation is 4. The molecule has 0 aliphatic carbocycles. The van der Waals surface area contributed by atoms with Gasteiger partial charge in [-0.2, -0.15) is 10.2 Å². The molecule has 2 aromatic rings. The van der Waals surface area contributed by atoms with E-state index in [-0.39, 0.29) is 11.9 Å². The average molecular weight is 336 g/mol. The van der Waals surface area contributed by atoms with Crippen LogP contribution in [0.15, 0.2) is 6.07 Å². The smallest absolute Gasteiger partial charge is 0.272 e. The number of rotatable bonds is 3. The Hall–Kier alpha value is -1.82. The van der Waals surface area contributed by atoms with Crippen LogP contribution >= 0.6 is 11.6 Å². The second kappa shape index (κ2) is 6.00. The van der Waals surface area contributed by atoms with Crippen molar-refractivity contribution < 1.29 is 4.79 Å². The highest BCUT2D eigenvalue weighted by Gasteiger charge is 2.35. The molecule has 1 saturated heterocycles. The molecule has 1 atom stereocenters. The topological polar surface area (TPSA) is 56.0 Å². The van der Waals surface area contributed by atoms with Crippen LogP contribution < -0.4 is 0 Å². The molecule has 0 radical (unpaired) electrons. The lowest BCUT2D eigenvalue weighted by atomic mass is 10.1. The maximum Gasteiger partial charge on any atom is 0.272 e. The van der Waals surface area contributed by atoms with Crippen molar-refractivity contribution in [3.05, 3.63) is 33.9 Å². The summed E-state index contributed by atoms with van der Waals surface area (Å²) in [6.45, 7) is 7.27. The molecule has 0 aromatic carbocycles. The number of nitrogens with zero attached hydrogens (tertiary/aromatic N) is 5. The molecule has 6 nitrogen and oxygen atoms in total. The molecule has 3 rings (SSSR count). The predicted molar refractivity (Wildman–Crippen MR) is 88.6 cm³/mol. The number of hydrogen-bond acceptors (Lipinski definition) is 3. The van der Waals surface area contributed by atoms with E-state index in [2.05, 4.69) is 10.2 Å². The third-order valence-electron chi connectivity index (χ3n) is 4.46. The van der Waals surface area contributed by atoms with E-state index in [9.17, 15) is 4.79 Å². The second-order valence-electron chi connectivity index (χ2n) is 6.06. The normalized spacial score (nSPS) is 18.0. The zero-order valence-electron chi connectivity index (χ0n) is 14.0. The Balaban J connectivity index is 1.97. The van der Waals surface area contributed by atoms with Crippen LogP contribution in [0.5, 0.6) is 0 Å². The fourth-order valence-corrected chi connectivity index (χ4v) is 3.74. The van der Waals surface area contributed by atoms with E-state index in [4.69, 9.17) is 11.6 Å². The second-order valence-corrected chi connectivity index (χ2v) is 6.41. The number of amides is 1. The Morgan fingerprint density at radius 2 is 2.13 bits per heavy atom. The maximum atomic E-state index is 13.0. The molecule has 3 heterocycles. The van der Waals surface area contributed by atoms with Crippen molar-refractivity contribution in [2.75, 3.05) is 6.54 Å². The lowest BCUT2D eigenvalue weighted by Gasteiger charge is -2.25. The van der Waals surface area contributed by atoms with Gasteiger partial charge in [-0.05, 0) is 39.7 Å². The summed E-state index contributed by atoms with van der Waals surface area (Å²) in [5.41, 5.74) is 3.37. The van der Waals surface area contributed by atoms with Gasteiger partial charge < -0.3 is 4.90 Å². The van der Waals surface area contributed by atoms with E-state index in [1.54, 1.807) is 9.36 Å². The molecule has 1 aliphatic heterocycles. The van der Waals surface area contributed by atoms with Crippen LogP contribution in [0.3, 0.4) is 0 Å². The van der Waals surface area contributed by atoms with Gasteiger partial charge in [-0.25, -0.2) is 0 Å². The van der Waals surface area contributed by atoms with E-state index in [1.165, 1.54) is 0 Å². The van der Waals surface area contributed by atoms with Crippen molar-refractivity contribution in [3.8, 4) is 0 Å². The van der Waals surface area contributed by atoms with Crippen LogP contribution in [-0.2, 0) is 13.6 Å². The summed E-state index contributed by atoms with van der Waals surface area (Å²) < 4.78 is 3.44. The molecule has 124 valence electrons. The number of halogens is 1. The summed E-state index contributed by atoms with van der Waals surface area (Å²) in [5.74, 6) is 0.0225. The molecule has 0 N–H and O–H groups in total. The Kier molecular flexibility index (Phi) is 4.19. The average Bonchev–Trinajstić information content (AvgIpc) is 3.18. The minimum atomic E-state index is -0.00999. The van der Waals surface area contributed by atoms with Gasteiger partial charge in [0.15, 0.2) is 0 Å². The van der Waals surface area contributed by atoms with Crippen LogP contribution in [0.25, 0.3) is 0 Å². The van der Waals surface area contributed by atoms with E-state index in [0.717, 1.165) is 36.3 Å². The highest BCUT2D eigenvalue weighted by molar-refractivity contribution is 6.30. The molecule has 1 aliphatic rings. The molecule has 1 amide bonds. The summed E-state index contributed by atoms with van der Waals surface area (Å²) in [7, 11) is 1.83. The van der Waals surface area contributed by atoms with Crippen LogP contribution in [0, 0.1) is 13.8 Å². The monoisotopic (exact) mass is 335 g/mol. The van der Waals surface area contributed by atoms with Crippen LogP contribution in [-0.4, -0.2) is 36.9 Å². The highest BCUT2D eigenvalue weighted by Crippen LogP contribution is 2.38. The molecule has 0 spiro atoms. The van der Waals surface area contributed by atoms with Gasteiger partial charge in [-0.3, -0.25) is 14.2 Å². The van der Waals surface area contributed by atoms with Gasteiger partial charge in [-0.1, -0.05) is 11.6 Å². The maximum absolute atomic E-state index is 13.0. The first kappa shape index (κ1) is 16.1. The fourth-order valence-electron chi connectivity index (χ4n) is 3.44. The van der Waals surface area contributed by atoms with Gasteiger partial charge in [0.05, 0.1) is 17.4 Å². The van der Waals surface area contributed by atoms with Gasteiger partial charge in [0.2, 0.25) is 0 Å². The Labute approximate surface area is 141 Å². The van der Waals surface area contributed by atoms with Crippen LogP contribution in [0.1, 0.15) is 53.2 Å². The van der Waals surface area contributed by atoms with Crippen LogP contribution in [0.2, 0.25) is 5.15 Å². The molecule has 7 heteroatoms. The zero-order chi connectivity index (χ0) is 16.7. The Morgan fingerprint density at radius 3 is 2.74 bits per heavy atom. The Bertz CT molecular complexity index is 748. The standard InChI is InChI=1S/C16H22ClN5O/c1-5-22-13(9-10(2)18-22)16(23)21-8-6-7-12(21)14-11(3)19-20(4)15(14)17/h9,12H,5-8H2,1-4H3. The van der Waals surface area contributed by atoms with Gasteiger partial charge in [0.1, 0.15) is 10.8 Å². The predicted octanol–water partition coefficient (Wildman–Crippen LogP) is 2.88. The van der Waals surface area contributed by atoms with Crippen molar-refractivity contribution in [2.24, 2.45) is 7.05 Å². The molecule has 0 bridgehead atoms. The number of carbonyl (C=O) groups excluding carboxylic acids is 1. The number of aromatic nitrogens is 4. The minimum absolute atomic E-state index is 0.00999. The van der Waals surface area contributed by atoms with Gasteiger partial charge in [-0.15, -0.1) is 0 Å². The molecule has 1 unspecified atom stereocenters. The number of likely N-dealkylation sites (tertiary alicyclic amines) is 1. The van der Waals surface area contributed by atoms with Gasteiger partial charge in [0, 0.05) is 25.7 Å².